The molecule has 5 heteroatoms. The lowest BCUT2D eigenvalue weighted by Crippen LogP contribution is -2.33. The monoisotopic (exact) mass is 285 g/mol. The summed E-state index contributed by atoms with van der Waals surface area (Å²) in [5, 5.41) is 0. The van der Waals surface area contributed by atoms with E-state index in [-0.39, 0.29) is 17.3 Å². The lowest BCUT2D eigenvalue weighted by Gasteiger charge is -2.29. The van der Waals surface area contributed by atoms with Crippen molar-refractivity contribution in [3.8, 4) is 0 Å². The number of Topliss-reactive ketones (excluding diaryl/α,β-unsaturated/α-hetero) is 1. The van der Waals surface area contributed by atoms with Gasteiger partial charge in [0.15, 0.2) is 5.78 Å². The highest BCUT2D eigenvalue weighted by atomic mass is 19.4. The van der Waals surface area contributed by atoms with Crippen molar-refractivity contribution in [2.45, 2.75) is 25.4 Å². The summed E-state index contributed by atoms with van der Waals surface area (Å²) in [5.41, 5.74) is -0.600. The van der Waals surface area contributed by atoms with Gasteiger partial charge in [0.05, 0.1) is 5.56 Å². The minimum atomic E-state index is -4.40. The number of nitrogens with zero attached hydrogens (tertiary/aromatic N) is 1. The normalized spacial score (nSPS) is 20.9. The highest BCUT2D eigenvalue weighted by molar-refractivity contribution is 5.96. The minimum absolute atomic E-state index is 0.160. The van der Waals surface area contributed by atoms with Crippen LogP contribution in [0.5, 0.6) is 0 Å². The topological polar surface area (TPSA) is 20.3 Å². The second-order valence-electron chi connectivity index (χ2n) is 5.48. The van der Waals surface area contributed by atoms with E-state index in [2.05, 4.69) is 4.90 Å². The average Bonchev–Trinajstić information content (AvgIpc) is 2.38. The number of ketones is 1. The molecule has 0 aromatic heterocycles. The molecule has 0 spiro atoms. The summed E-state index contributed by atoms with van der Waals surface area (Å²) in [4.78, 5) is 14.3. The molecule has 1 aliphatic heterocycles. The standard InChI is InChI=1S/C15H18F3NO/c1-19-7-3-4-11(10-19)8-14(20)12-5-2-6-13(9-12)15(16,17)18/h2,5-6,9,11H,3-4,7-8,10H2,1H3. The molecule has 1 saturated heterocycles. The van der Waals surface area contributed by atoms with E-state index in [0.29, 0.717) is 6.42 Å². The van der Waals surface area contributed by atoms with Crippen molar-refractivity contribution in [1.29, 1.82) is 0 Å². The molecule has 2 nitrogen and oxygen atoms in total. The minimum Gasteiger partial charge on any atom is -0.306 e. The number of piperidine rings is 1. The molecule has 1 aromatic carbocycles. The molecular formula is C15H18F3NO. The van der Waals surface area contributed by atoms with Gasteiger partial charge in [-0.1, -0.05) is 12.1 Å². The fourth-order valence-electron chi connectivity index (χ4n) is 2.69. The van der Waals surface area contributed by atoms with Gasteiger partial charge in [-0.25, -0.2) is 0 Å². The Bertz CT molecular complexity index is 484. The van der Waals surface area contributed by atoms with Crippen LogP contribution < -0.4 is 0 Å². The molecule has 0 radical (unpaired) electrons. The Kier molecular flexibility index (Phi) is 4.48. The number of halogens is 3. The van der Waals surface area contributed by atoms with E-state index in [1.165, 1.54) is 12.1 Å². The van der Waals surface area contributed by atoms with Gasteiger partial charge in [0.25, 0.3) is 0 Å². The molecule has 2 rings (SSSR count). The summed E-state index contributed by atoms with van der Waals surface area (Å²) in [7, 11) is 2.00. The van der Waals surface area contributed by atoms with Crippen molar-refractivity contribution in [3.63, 3.8) is 0 Å². The van der Waals surface area contributed by atoms with Gasteiger partial charge in [-0.3, -0.25) is 4.79 Å². The Balaban J connectivity index is 2.05. The van der Waals surface area contributed by atoms with E-state index in [9.17, 15) is 18.0 Å². The number of carbonyl (C=O) groups is 1. The van der Waals surface area contributed by atoms with Gasteiger partial charge in [-0.05, 0) is 44.5 Å². The van der Waals surface area contributed by atoms with Gasteiger partial charge in [-0.2, -0.15) is 13.2 Å². The van der Waals surface area contributed by atoms with E-state index in [1.54, 1.807) is 0 Å². The van der Waals surface area contributed by atoms with Gasteiger partial charge in [0.1, 0.15) is 0 Å². The van der Waals surface area contributed by atoms with Gasteiger partial charge < -0.3 is 4.90 Å². The Morgan fingerprint density at radius 2 is 2.15 bits per heavy atom. The van der Waals surface area contributed by atoms with Crippen molar-refractivity contribution in [2.24, 2.45) is 5.92 Å². The third-order valence-electron chi connectivity index (χ3n) is 3.71. The van der Waals surface area contributed by atoms with E-state index in [4.69, 9.17) is 0 Å². The first kappa shape index (κ1) is 15.0. The highest BCUT2D eigenvalue weighted by Gasteiger charge is 2.31. The first-order valence-electron chi connectivity index (χ1n) is 6.75. The molecule has 110 valence electrons. The van der Waals surface area contributed by atoms with Gasteiger partial charge >= 0.3 is 6.18 Å². The summed E-state index contributed by atoms with van der Waals surface area (Å²) in [6.07, 6.45) is -2.07. The fraction of sp³-hybridized carbons (Fsp3) is 0.533. The second kappa shape index (κ2) is 5.95. The molecule has 0 saturated carbocycles. The molecule has 1 aromatic rings. The largest absolute Gasteiger partial charge is 0.416 e. The summed E-state index contributed by atoms with van der Waals surface area (Å²) in [6, 6.07) is 4.70. The number of alkyl halides is 3. The fourth-order valence-corrected chi connectivity index (χ4v) is 2.69. The van der Waals surface area contributed by atoms with Crippen LogP contribution in [0.25, 0.3) is 0 Å². The zero-order valence-electron chi connectivity index (χ0n) is 11.4. The van der Waals surface area contributed by atoms with E-state index in [1.807, 2.05) is 7.05 Å². The van der Waals surface area contributed by atoms with Crippen LogP contribution in [0, 0.1) is 5.92 Å². The number of hydrogen-bond donors (Lipinski definition) is 0. The highest BCUT2D eigenvalue weighted by Crippen LogP contribution is 2.30. The second-order valence-corrected chi connectivity index (χ2v) is 5.48. The van der Waals surface area contributed by atoms with Crippen LogP contribution in [-0.4, -0.2) is 30.8 Å². The van der Waals surface area contributed by atoms with Crippen LogP contribution in [0.15, 0.2) is 24.3 Å². The lowest BCUT2D eigenvalue weighted by molar-refractivity contribution is -0.137. The van der Waals surface area contributed by atoms with Gasteiger partial charge in [0, 0.05) is 18.5 Å². The molecule has 0 bridgehead atoms. The summed E-state index contributed by atoms with van der Waals surface area (Å²) < 4.78 is 37.9. The SMILES string of the molecule is CN1CCCC(CC(=O)c2cccc(C(F)(F)F)c2)C1. The van der Waals surface area contributed by atoms with Crippen LogP contribution in [0.2, 0.25) is 0 Å². The molecular weight excluding hydrogens is 267 g/mol. The quantitative estimate of drug-likeness (QED) is 0.791. The van der Waals surface area contributed by atoms with Crippen LogP contribution >= 0.6 is 0 Å². The predicted octanol–water partition coefficient (Wildman–Crippen LogP) is 3.62. The number of hydrogen-bond acceptors (Lipinski definition) is 2. The summed E-state index contributed by atoms with van der Waals surface area (Å²) in [5.74, 6) is 0.0483. The molecule has 1 atom stereocenters. The molecule has 1 heterocycles. The Morgan fingerprint density at radius 3 is 2.80 bits per heavy atom. The Hall–Kier alpha value is -1.36. The molecule has 0 amide bonds. The maximum absolute atomic E-state index is 12.6. The van der Waals surface area contributed by atoms with E-state index in [0.717, 1.165) is 38.1 Å². The van der Waals surface area contributed by atoms with Crippen molar-refractivity contribution >= 4 is 5.78 Å². The molecule has 0 aliphatic carbocycles. The van der Waals surface area contributed by atoms with Crippen molar-refractivity contribution in [3.05, 3.63) is 35.4 Å². The predicted molar refractivity (Wildman–Crippen MR) is 70.6 cm³/mol. The van der Waals surface area contributed by atoms with Gasteiger partial charge in [-0.15, -0.1) is 0 Å². The molecule has 20 heavy (non-hydrogen) atoms. The average molecular weight is 285 g/mol. The van der Waals surface area contributed by atoms with Crippen molar-refractivity contribution in [1.82, 2.24) is 4.90 Å². The maximum atomic E-state index is 12.6. The van der Waals surface area contributed by atoms with E-state index < -0.39 is 11.7 Å². The molecule has 1 fully saturated rings. The third kappa shape index (κ3) is 3.82. The van der Waals surface area contributed by atoms with Crippen LogP contribution in [0.3, 0.4) is 0 Å². The van der Waals surface area contributed by atoms with Crippen LogP contribution in [0.4, 0.5) is 13.2 Å². The van der Waals surface area contributed by atoms with Crippen molar-refractivity contribution < 1.29 is 18.0 Å². The van der Waals surface area contributed by atoms with Crippen LogP contribution in [0.1, 0.15) is 35.2 Å². The first-order valence-corrected chi connectivity index (χ1v) is 6.75. The lowest BCUT2D eigenvalue weighted by atomic mass is 9.91. The maximum Gasteiger partial charge on any atom is 0.416 e. The smallest absolute Gasteiger partial charge is 0.306 e. The van der Waals surface area contributed by atoms with E-state index >= 15 is 0 Å². The molecule has 1 aliphatic rings. The van der Waals surface area contributed by atoms with Crippen LogP contribution in [-0.2, 0) is 6.18 Å². The summed E-state index contributed by atoms with van der Waals surface area (Å²) in [6.45, 7) is 1.86. The van der Waals surface area contributed by atoms with Gasteiger partial charge in [0.2, 0.25) is 0 Å². The Labute approximate surface area is 116 Å². The molecule has 0 N–H and O–H groups in total. The number of likely N-dealkylation sites (tertiary alicyclic amines) is 1. The first-order chi connectivity index (χ1) is 9.36. The summed E-state index contributed by atoms with van der Waals surface area (Å²) >= 11 is 0. The third-order valence-corrected chi connectivity index (χ3v) is 3.71. The zero-order chi connectivity index (χ0) is 14.8. The zero-order valence-corrected chi connectivity index (χ0v) is 11.4. The Morgan fingerprint density at radius 1 is 1.40 bits per heavy atom. The van der Waals surface area contributed by atoms with Crippen molar-refractivity contribution in [2.75, 3.05) is 20.1 Å². The number of benzene rings is 1. The number of carbonyl (C=O) groups excluding carboxylic acids is 1. The molecule has 1 unspecified atom stereocenters. The number of rotatable bonds is 3.